The summed E-state index contributed by atoms with van der Waals surface area (Å²) in [6.07, 6.45) is -2.93. The number of amides is 1. The van der Waals surface area contributed by atoms with Crippen molar-refractivity contribution in [2.24, 2.45) is 5.41 Å². The highest BCUT2D eigenvalue weighted by Gasteiger charge is 2.61. The Balaban J connectivity index is 2.02. The summed E-state index contributed by atoms with van der Waals surface area (Å²) >= 11 is 0. The van der Waals surface area contributed by atoms with E-state index in [0.717, 1.165) is 0 Å². The standard InChI is InChI=1S/C13H17F3N2O2/c1-9(7-10-3-2-6-20-10)18-11(19)12(13(14,15)16)4-5-17-8-12/h2-3,6,9,17H,4-5,7-8H2,1H3,(H,18,19). The maximum absolute atomic E-state index is 13.2. The van der Waals surface area contributed by atoms with Crippen LogP contribution in [0.15, 0.2) is 22.8 Å². The zero-order valence-corrected chi connectivity index (χ0v) is 11.1. The minimum atomic E-state index is -4.55. The third-order valence-electron chi connectivity index (χ3n) is 3.60. The average Bonchev–Trinajstić information content (AvgIpc) is 2.97. The Morgan fingerprint density at radius 1 is 1.60 bits per heavy atom. The first-order valence-electron chi connectivity index (χ1n) is 6.46. The minimum Gasteiger partial charge on any atom is -0.469 e. The molecule has 0 aliphatic carbocycles. The number of carbonyl (C=O) groups is 1. The Hall–Kier alpha value is -1.50. The normalized spacial score (nSPS) is 24.6. The van der Waals surface area contributed by atoms with Crippen molar-refractivity contribution >= 4 is 5.91 Å². The molecule has 112 valence electrons. The number of carbonyl (C=O) groups excluding carboxylic acids is 1. The highest BCUT2D eigenvalue weighted by Crippen LogP contribution is 2.43. The van der Waals surface area contributed by atoms with Crippen LogP contribution in [0.3, 0.4) is 0 Å². The first-order chi connectivity index (χ1) is 9.35. The van der Waals surface area contributed by atoms with E-state index >= 15 is 0 Å². The molecule has 7 heteroatoms. The van der Waals surface area contributed by atoms with Gasteiger partial charge in [0.2, 0.25) is 5.91 Å². The van der Waals surface area contributed by atoms with Crippen LogP contribution in [-0.4, -0.2) is 31.2 Å². The number of rotatable bonds is 4. The van der Waals surface area contributed by atoms with Crippen LogP contribution in [-0.2, 0) is 11.2 Å². The van der Waals surface area contributed by atoms with Gasteiger partial charge in [-0.15, -0.1) is 0 Å². The smallest absolute Gasteiger partial charge is 0.404 e. The second kappa shape index (κ2) is 5.47. The maximum Gasteiger partial charge on any atom is 0.404 e. The third kappa shape index (κ3) is 2.82. The fourth-order valence-corrected chi connectivity index (χ4v) is 2.40. The van der Waals surface area contributed by atoms with Gasteiger partial charge in [-0.2, -0.15) is 13.2 Å². The Bertz CT molecular complexity index is 451. The van der Waals surface area contributed by atoms with E-state index < -0.39 is 23.5 Å². The topological polar surface area (TPSA) is 54.3 Å². The molecule has 20 heavy (non-hydrogen) atoms. The maximum atomic E-state index is 13.2. The molecule has 1 amide bonds. The Morgan fingerprint density at radius 2 is 2.35 bits per heavy atom. The van der Waals surface area contributed by atoms with Crippen LogP contribution in [0.25, 0.3) is 0 Å². The van der Waals surface area contributed by atoms with Crippen LogP contribution >= 0.6 is 0 Å². The highest BCUT2D eigenvalue weighted by atomic mass is 19.4. The fraction of sp³-hybridized carbons (Fsp3) is 0.615. The molecule has 2 heterocycles. The SMILES string of the molecule is CC(Cc1ccco1)NC(=O)C1(C(F)(F)F)CCNC1. The van der Waals surface area contributed by atoms with E-state index in [0.29, 0.717) is 12.2 Å². The number of furan rings is 1. The molecular weight excluding hydrogens is 273 g/mol. The van der Waals surface area contributed by atoms with Crippen molar-refractivity contribution in [2.75, 3.05) is 13.1 Å². The van der Waals surface area contributed by atoms with Crippen LogP contribution < -0.4 is 10.6 Å². The van der Waals surface area contributed by atoms with Crippen LogP contribution in [0.1, 0.15) is 19.1 Å². The Kier molecular flexibility index (Phi) is 4.08. The quantitative estimate of drug-likeness (QED) is 0.890. The van der Waals surface area contributed by atoms with Crippen molar-refractivity contribution in [3.05, 3.63) is 24.2 Å². The summed E-state index contributed by atoms with van der Waals surface area (Å²) in [6, 6.07) is 3.00. The van der Waals surface area contributed by atoms with Gasteiger partial charge in [0.1, 0.15) is 5.76 Å². The lowest BCUT2D eigenvalue weighted by atomic mass is 9.85. The van der Waals surface area contributed by atoms with Crippen LogP contribution in [0.5, 0.6) is 0 Å². The fourth-order valence-electron chi connectivity index (χ4n) is 2.40. The molecular formula is C13H17F3N2O2. The number of alkyl halides is 3. The monoisotopic (exact) mass is 290 g/mol. The summed E-state index contributed by atoms with van der Waals surface area (Å²) < 4.78 is 44.6. The summed E-state index contributed by atoms with van der Waals surface area (Å²) in [6.45, 7) is 1.49. The van der Waals surface area contributed by atoms with Gasteiger partial charge in [0.05, 0.1) is 6.26 Å². The van der Waals surface area contributed by atoms with Gasteiger partial charge in [-0.05, 0) is 32.0 Å². The van der Waals surface area contributed by atoms with Gasteiger partial charge in [-0.1, -0.05) is 0 Å². The summed E-state index contributed by atoms with van der Waals surface area (Å²) in [5.41, 5.74) is -2.32. The molecule has 1 aliphatic heterocycles. The van der Waals surface area contributed by atoms with Gasteiger partial charge in [0, 0.05) is 19.0 Å². The minimum absolute atomic E-state index is 0.194. The molecule has 2 atom stereocenters. The number of halogens is 3. The number of nitrogens with one attached hydrogen (secondary N) is 2. The lowest BCUT2D eigenvalue weighted by Gasteiger charge is -2.30. The molecule has 0 spiro atoms. The van der Waals surface area contributed by atoms with E-state index in [-0.39, 0.29) is 19.5 Å². The summed E-state index contributed by atoms with van der Waals surface area (Å²) in [5.74, 6) is -0.336. The zero-order valence-electron chi connectivity index (χ0n) is 11.1. The molecule has 2 unspecified atom stereocenters. The first kappa shape index (κ1) is 14.9. The van der Waals surface area contributed by atoms with Gasteiger partial charge in [0.25, 0.3) is 0 Å². The molecule has 0 bridgehead atoms. The van der Waals surface area contributed by atoms with E-state index in [1.54, 1.807) is 19.1 Å². The van der Waals surface area contributed by atoms with E-state index in [4.69, 9.17) is 4.42 Å². The lowest BCUT2D eigenvalue weighted by Crippen LogP contribution is -2.54. The summed E-state index contributed by atoms with van der Waals surface area (Å²) in [7, 11) is 0. The molecule has 4 nitrogen and oxygen atoms in total. The van der Waals surface area contributed by atoms with E-state index in [9.17, 15) is 18.0 Å². The van der Waals surface area contributed by atoms with E-state index in [2.05, 4.69) is 10.6 Å². The Labute approximate surface area is 114 Å². The molecule has 0 aromatic carbocycles. The van der Waals surface area contributed by atoms with Crippen molar-refractivity contribution in [1.29, 1.82) is 0 Å². The number of hydrogen-bond acceptors (Lipinski definition) is 3. The second-order valence-corrected chi connectivity index (χ2v) is 5.16. The van der Waals surface area contributed by atoms with Crippen molar-refractivity contribution < 1.29 is 22.4 Å². The third-order valence-corrected chi connectivity index (χ3v) is 3.60. The van der Waals surface area contributed by atoms with Gasteiger partial charge in [-0.3, -0.25) is 4.79 Å². The molecule has 1 saturated heterocycles. The van der Waals surface area contributed by atoms with E-state index in [1.165, 1.54) is 6.26 Å². The van der Waals surface area contributed by atoms with E-state index in [1.807, 2.05) is 0 Å². The summed E-state index contributed by atoms with van der Waals surface area (Å²) in [5, 5.41) is 5.07. The van der Waals surface area contributed by atoms with Crippen molar-refractivity contribution in [3.8, 4) is 0 Å². The zero-order chi connectivity index (χ0) is 14.8. The van der Waals surface area contributed by atoms with Gasteiger partial charge < -0.3 is 15.1 Å². The molecule has 1 aliphatic rings. The van der Waals surface area contributed by atoms with Gasteiger partial charge in [-0.25, -0.2) is 0 Å². The van der Waals surface area contributed by atoms with Crippen LogP contribution in [0.4, 0.5) is 13.2 Å². The number of hydrogen-bond donors (Lipinski definition) is 2. The lowest BCUT2D eigenvalue weighted by molar-refractivity contribution is -0.216. The predicted octanol–water partition coefficient (Wildman–Crippen LogP) is 1.87. The molecule has 1 aromatic heterocycles. The highest BCUT2D eigenvalue weighted by molar-refractivity contribution is 5.84. The molecule has 2 N–H and O–H groups in total. The molecule has 1 aromatic rings. The molecule has 2 rings (SSSR count). The largest absolute Gasteiger partial charge is 0.469 e. The Morgan fingerprint density at radius 3 is 2.85 bits per heavy atom. The van der Waals surface area contributed by atoms with Gasteiger partial charge >= 0.3 is 6.18 Å². The summed E-state index contributed by atoms with van der Waals surface area (Å²) in [4.78, 5) is 12.1. The average molecular weight is 290 g/mol. The van der Waals surface area contributed by atoms with Crippen molar-refractivity contribution in [2.45, 2.75) is 32.0 Å². The van der Waals surface area contributed by atoms with Crippen LogP contribution in [0.2, 0.25) is 0 Å². The second-order valence-electron chi connectivity index (χ2n) is 5.16. The molecule has 0 saturated carbocycles. The van der Waals surface area contributed by atoms with Crippen molar-refractivity contribution in [3.63, 3.8) is 0 Å². The van der Waals surface area contributed by atoms with Crippen molar-refractivity contribution in [1.82, 2.24) is 10.6 Å². The molecule has 0 radical (unpaired) electrons. The van der Waals surface area contributed by atoms with Gasteiger partial charge in [0.15, 0.2) is 5.41 Å². The predicted molar refractivity (Wildman–Crippen MR) is 66.0 cm³/mol. The van der Waals surface area contributed by atoms with Crippen LogP contribution in [0, 0.1) is 5.41 Å². The molecule has 1 fully saturated rings. The first-order valence-corrected chi connectivity index (χ1v) is 6.46.